The standard InChI is InChI=1S/C9H14N4/c1-9(2,3)7-5-13(4)6-8(7)11-12-10/h5-6H,1-4H3. The van der Waals surface area contributed by atoms with Crippen LogP contribution >= 0.6 is 0 Å². The van der Waals surface area contributed by atoms with Gasteiger partial charge in [0, 0.05) is 24.4 Å². The fourth-order valence-electron chi connectivity index (χ4n) is 1.28. The Balaban J connectivity index is 3.27. The Morgan fingerprint density at radius 1 is 1.38 bits per heavy atom. The number of hydrogen-bond acceptors (Lipinski definition) is 1. The van der Waals surface area contributed by atoms with Gasteiger partial charge in [-0.05, 0) is 16.5 Å². The summed E-state index contributed by atoms with van der Waals surface area (Å²) in [5, 5.41) is 3.65. The number of aromatic nitrogens is 1. The number of rotatable bonds is 1. The Kier molecular flexibility index (Phi) is 2.34. The average Bonchev–Trinajstić information content (AvgIpc) is 2.30. The molecule has 0 aromatic carbocycles. The van der Waals surface area contributed by atoms with Gasteiger partial charge in [0.25, 0.3) is 0 Å². The molecule has 0 N–H and O–H groups in total. The monoisotopic (exact) mass is 178 g/mol. The molecule has 1 heterocycles. The third kappa shape index (κ3) is 2.04. The van der Waals surface area contributed by atoms with Crippen molar-refractivity contribution in [1.29, 1.82) is 0 Å². The first-order chi connectivity index (χ1) is 5.95. The minimum Gasteiger partial charge on any atom is -0.356 e. The first-order valence-electron chi connectivity index (χ1n) is 4.16. The number of hydrogen-bond donors (Lipinski definition) is 0. The SMILES string of the molecule is Cn1cc(N=[N+]=[N-])c(C(C)(C)C)c1. The predicted octanol–water partition coefficient (Wildman–Crippen LogP) is 3.26. The van der Waals surface area contributed by atoms with Gasteiger partial charge in [0.15, 0.2) is 0 Å². The maximum absolute atomic E-state index is 8.37. The molecule has 0 aliphatic carbocycles. The van der Waals surface area contributed by atoms with E-state index in [1.54, 1.807) is 0 Å². The minimum absolute atomic E-state index is 0.0186. The van der Waals surface area contributed by atoms with Gasteiger partial charge in [-0.25, -0.2) is 0 Å². The van der Waals surface area contributed by atoms with Gasteiger partial charge in [0.2, 0.25) is 0 Å². The summed E-state index contributed by atoms with van der Waals surface area (Å²) in [5.41, 5.74) is 10.2. The van der Waals surface area contributed by atoms with Crippen LogP contribution in [-0.2, 0) is 12.5 Å². The first kappa shape index (κ1) is 9.68. The van der Waals surface area contributed by atoms with Crippen molar-refractivity contribution in [2.24, 2.45) is 12.2 Å². The van der Waals surface area contributed by atoms with E-state index in [4.69, 9.17) is 5.53 Å². The molecule has 13 heavy (non-hydrogen) atoms. The lowest BCUT2D eigenvalue weighted by Gasteiger charge is -2.17. The summed E-state index contributed by atoms with van der Waals surface area (Å²) < 4.78 is 1.91. The molecule has 0 aliphatic rings. The van der Waals surface area contributed by atoms with Crippen LogP contribution in [0.4, 0.5) is 5.69 Å². The molecule has 0 aliphatic heterocycles. The Hall–Kier alpha value is -1.41. The topological polar surface area (TPSA) is 53.7 Å². The summed E-state index contributed by atoms with van der Waals surface area (Å²) in [6.45, 7) is 6.29. The second-order valence-electron chi connectivity index (χ2n) is 4.16. The van der Waals surface area contributed by atoms with Crippen LogP contribution in [0.5, 0.6) is 0 Å². The zero-order valence-corrected chi connectivity index (χ0v) is 8.44. The highest BCUT2D eigenvalue weighted by molar-refractivity contribution is 5.48. The van der Waals surface area contributed by atoms with E-state index in [0.717, 1.165) is 11.3 Å². The van der Waals surface area contributed by atoms with Gasteiger partial charge in [-0.3, -0.25) is 0 Å². The molecule has 70 valence electrons. The molecule has 0 bridgehead atoms. The number of azide groups is 1. The molecule has 1 rings (SSSR count). The van der Waals surface area contributed by atoms with Gasteiger partial charge in [0.1, 0.15) is 0 Å². The van der Waals surface area contributed by atoms with Crippen molar-refractivity contribution in [3.05, 3.63) is 28.4 Å². The Labute approximate surface area is 77.8 Å². The van der Waals surface area contributed by atoms with Gasteiger partial charge in [0.05, 0.1) is 5.69 Å². The van der Waals surface area contributed by atoms with Crippen molar-refractivity contribution < 1.29 is 0 Å². The normalized spacial score (nSPS) is 11.1. The summed E-state index contributed by atoms with van der Waals surface area (Å²) >= 11 is 0. The molecule has 0 saturated heterocycles. The summed E-state index contributed by atoms with van der Waals surface area (Å²) in [5.74, 6) is 0. The summed E-state index contributed by atoms with van der Waals surface area (Å²) in [6.07, 6.45) is 3.82. The van der Waals surface area contributed by atoms with Gasteiger partial charge in [-0.15, -0.1) is 0 Å². The molecule has 0 fully saturated rings. The van der Waals surface area contributed by atoms with Gasteiger partial charge < -0.3 is 4.57 Å². The second-order valence-corrected chi connectivity index (χ2v) is 4.16. The molecular formula is C9H14N4. The zero-order chi connectivity index (χ0) is 10.1. The van der Waals surface area contributed by atoms with Gasteiger partial charge in [-0.1, -0.05) is 25.9 Å². The third-order valence-corrected chi connectivity index (χ3v) is 1.90. The highest BCUT2D eigenvalue weighted by Gasteiger charge is 2.18. The number of nitrogens with zero attached hydrogens (tertiary/aromatic N) is 4. The van der Waals surface area contributed by atoms with E-state index in [9.17, 15) is 0 Å². The highest BCUT2D eigenvalue weighted by Crippen LogP contribution is 2.32. The lowest BCUT2D eigenvalue weighted by atomic mass is 9.88. The summed E-state index contributed by atoms with van der Waals surface area (Å²) in [7, 11) is 1.92. The second kappa shape index (κ2) is 3.15. The molecule has 0 spiro atoms. The lowest BCUT2D eigenvalue weighted by Crippen LogP contribution is -2.09. The quantitative estimate of drug-likeness (QED) is 0.360. The molecule has 4 nitrogen and oxygen atoms in total. The predicted molar refractivity (Wildman–Crippen MR) is 52.9 cm³/mol. The Morgan fingerprint density at radius 2 is 2.00 bits per heavy atom. The van der Waals surface area contributed by atoms with E-state index >= 15 is 0 Å². The van der Waals surface area contributed by atoms with Gasteiger partial charge in [-0.2, -0.15) is 0 Å². The maximum atomic E-state index is 8.37. The van der Waals surface area contributed by atoms with Crippen LogP contribution in [0.2, 0.25) is 0 Å². The van der Waals surface area contributed by atoms with Crippen molar-refractivity contribution >= 4 is 5.69 Å². The summed E-state index contributed by atoms with van der Waals surface area (Å²) in [4.78, 5) is 2.81. The van der Waals surface area contributed by atoms with Crippen LogP contribution in [0, 0.1) is 0 Å². The van der Waals surface area contributed by atoms with Crippen LogP contribution in [0.25, 0.3) is 10.4 Å². The van der Waals surface area contributed by atoms with Crippen LogP contribution in [0.1, 0.15) is 26.3 Å². The lowest BCUT2D eigenvalue weighted by molar-refractivity contribution is 0.590. The molecule has 1 aromatic heterocycles. The molecule has 0 amide bonds. The largest absolute Gasteiger partial charge is 0.356 e. The molecule has 4 heteroatoms. The Morgan fingerprint density at radius 3 is 2.46 bits per heavy atom. The Bertz CT molecular complexity index is 350. The van der Waals surface area contributed by atoms with E-state index < -0.39 is 0 Å². The zero-order valence-electron chi connectivity index (χ0n) is 8.44. The van der Waals surface area contributed by atoms with Crippen LogP contribution in [-0.4, -0.2) is 4.57 Å². The van der Waals surface area contributed by atoms with Crippen molar-refractivity contribution in [3.8, 4) is 0 Å². The van der Waals surface area contributed by atoms with E-state index in [1.807, 2.05) is 24.0 Å². The smallest absolute Gasteiger partial charge is 0.0589 e. The first-order valence-corrected chi connectivity index (χ1v) is 4.16. The van der Waals surface area contributed by atoms with E-state index in [1.165, 1.54) is 0 Å². The van der Waals surface area contributed by atoms with Gasteiger partial charge >= 0.3 is 0 Å². The molecule has 0 unspecified atom stereocenters. The van der Waals surface area contributed by atoms with Crippen molar-refractivity contribution in [2.75, 3.05) is 0 Å². The molecule has 0 atom stereocenters. The number of aryl methyl sites for hydroxylation is 1. The van der Waals surface area contributed by atoms with Crippen molar-refractivity contribution in [2.45, 2.75) is 26.2 Å². The third-order valence-electron chi connectivity index (χ3n) is 1.90. The minimum atomic E-state index is 0.0186. The highest BCUT2D eigenvalue weighted by atomic mass is 15.1. The van der Waals surface area contributed by atoms with Crippen molar-refractivity contribution in [3.63, 3.8) is 0 Å². The molecule has 0 saturated carbocycles. The average molecular weight is 178 g/mol. The molecule has 0 radical (unpaired) electrons. The fourth-order valence-corrected chi connectivity index (χ4v) is 1.28. The van der Waals surface area contributed by atoms with E-state index in [2.05, 4.69) is 30.8 Å². The van der Waals surface area contributed by atoms with Crippen molar-refractivity contribution in [1.82, 2.24) is 4.57 Å². The van der Waals surface area contributed by atoms with Crippen LogP contribution in [0.15, 0.2) is 17.5 Å². The van der Waals surface area contributed by atoms with E-state index in [0.29, 0.717) is 0 Å². The van der Waals surface area contributed by atoms with Crippen LogP contribution < -0.4 is 0 Å². The molecule has 1 aromatic rings. The van der Waals surface area contributed by atoms with E-state index in [-0.39, 0.29) is 5.41 Å². The fraction of sp³-hybridized carbons (Fsp3) is 0.556. The van der Waals surface area contributed by atoms with Crippen LogP contribution in [0.3, 0.4) is 0 Å². The summed E-state index contributed by atoms with van der Waals surface area (Å²) in [6, 6.07) is 0. The maximum Gasteiger partial charge on any atom is 0.0589 e. The molecular weight excluding hydrogens is 164 g/mol.